The summed E-state index contributed by atoms with van der Waals surface area (Å²) in [5.41, 5.74) is 0. The van der Waals surface area contributed by atoms with Crippen LogP contribution in [0, 0.1) is 0 Å². The molecule has 0 spiro atoms. The molecule has 0 amide bonds. The van der Waals surface area contributed by atoms with Gasteiger partial charge in [-0.05, 0) is 32.1 Å². The number of carbonyl (C=O) groups is 1. The van der Waals surface area contributed by atoms with E-state index in [1.807, 2.05) is 0 Å². The molecule has 0 saturated heterocycles. The third-order valence-corrected chi connectivity index (χ3v) is 4.29. The number of rotatable bonds is 18. The molecule has 2 N–H and O–H groups in total. The Balaban J connectivity index is 3.21. The fourth-order valence-corrected chi connectivity index (χ4v) is 2.65. The van der Waals surface area contributed by atoms with Crippen LogP contribution in [0.4, 0.5) is 0 Å². The molecule has 4 nitrogen and oxygen atoms in total. The Labute approximate surface area is 154 Å². The Hall–Kier alpha value is -0.870. The molecule has 25 heavy (non-hydrogen) atoms. The first kappa shape index (κ1) is 24.1. The zero-order valence-corrected chi connectivity index (χ0v) is 16.3. The van der Waals surface area contributed by atoms with Gasteiger partial charge in [0.1, 0.15) is 12.7 Å². The first-order chi connectivity index (χ1) is 12.2. The molecule has 0 aromatic carbocycles. The predicted octanol–water partition coefficient (Wildman–Crippen LogP) is 4.92. The van der Waals surface area contributed by atoms with Gasteiger partial charge in [0.15, 0.2) is 0 Å². The lowest BCUT2D eigenvalue weighted by Gasteiger charge is -2.08. The third kappa shape index (κ3) is 19.3. The summed E-state index contributed by atoms with van der Waals surface area (Å²) in [6.07, 6.45) is 20.1. The van der Waals surface area contributed by atoms with E-state index in [0.29, 0.717) is 6.42 Å². The summed E-state index contributed by atoms with van der Waals surface area (Å²) in [7, 11) is 0. The summed E-state index contributed by atoms with van der Waals surface area (Å²) in [6.45, 7) is 1.77. The molecule has 0 aromatic rings. The van der Waals surface area contributed by atoms with Gasteiger partial charge in [-0.1, -0.05) is 70.4 Å². The lowest BCUT2D eigenvalue weighted by atomic mass is 10.1. The van der Waals surface area contributed by atoms with Gasteiger partial charge in [0.05, 0.1) is 6.61 Å². The SMILES string of the molecule is CCCCCC/C=C\CCCCCCCCCC(=O)OC[C@H](O)CO. The third-order valence-electron chi connectivity index (χ3n) is 4.29. The molecule has 0 unspecified atom stereocenters. The van der Waals surface area contributed by atoms with Crippen molar-refractivity contribution in [3.05, 3.63) is 12.2 Å². The van der Waals surface area contributed by atoms with Crippen LogP contribution in [-0.4, -0.2) is 35.5 Å². The molecule has 0 aromatic heterocycles. The molecule has 0 rings (SSSR count). The second-order valence-electron chi connectivity index (χ2n) is 6.85. The predicted molar refractivity (Wildman–Crippen MR) is 104 cm³/mol. The maximum Gasteiger partial charge on any atom is 0.305 e. The standard InChI is InChI=1S/C21H40O4/c1-2-3-4-5-6-7-8-9-10-11-12-13-14-15-16-17-21(24)25-19-20(23)18-22/h7-8,20,22-23H,2-6,9-19H2,1H3/b8-7-/t20-/m1/s1. The number of aliphatic hydroxyl groups excluding tert-OH is 2. The fourth-order valence-electron chi connectivity index (χ4n) is 2.65. The second kappa shape index (κ2) is 19.5. The van der Waals surface area contributed by atoms with Crippen molar-refractivity contribution >= 4 is 5.97 Å². The van der Waals surface area contributed by atoms with Gasteiger partial charge < -0.3 is 14.9 Å². The van der Waals surface area contributed by atoms with Gasteiger partial charge in [0, 0.05) is 6.42 Å². The van der Waals surface area contributed by atoms with Crippen LogP contribution in [0.25, 0.3) is 0 Å². The number of carbonyl (C=O) groups excluding carboxylic acids is 1. The monoisotopic (exact) mass is 356 g/mol. The summed E-state index contributed by atoms with van der Waals surface area (Å²) in [5.74, 6) is -0.283. The lowest BCUT2D eigenvalue weighted by molar-refractivity contribution is -0.147. The number of allylic oxidation sites excluding steroid dienone is 2. The minimum absolute atomic E-state index is 0.109. The van der Waals surface area contributed by atoms with E-state index in [4.69, 9.17) is 14.9 Å². The van der Waals surface area contributed by atoms with Gasteiger partial charge in [-0.3, -0.25) is 4.79 Å². The van der Waals surface area contributed by atoms with Gasteiger partial charge in [0.25, 0.3) is 0 Å². The van der Waals surface area contributed by atoms with Gasteiger partial charge in [-0.15, -0.1) is 0 Å². The Bertz CT molecular complexity index is 315. The van der Waals surface area contributed by atoms with E-state index in [2.05, 4.69) is 19.1 Å². The number of unbranched alkanes of at least 4 members (excludes halogenated alkanes) is 11. The molecule has 0 radical (unpaired) electrons. The molecule has 4 heteroatoms. The maximum atomic E-state index is 11.4. The van der Waals surface area contributed by atoms with Crippen molar-refractivity contribution in [2.75, 3.05) is 13.2 Å². The van der Waals surface area contributed by atoms with Crippen LogP contribution in [0.3, 0.4) is 0 Å². The topological polar surface area (TPSA) is 66.8 Å². The van der Waals surface area contributed by atoms with Crippen LogP contribution in [0.2, 0.25) is 0 Å². The van der Waals surface area contributed by atoms with Crippen molar-refractivity contribution in [2.45, 2.75) is 103 Å². The van der Waals surface area contributed by atoms with E-state index in [0.717, 1.165) is 12.8 Å². The molecule has 0 heterocycles. The van der Waals surface area contributed by atoms with Crippen molar-refractivity contribution < 1.29 is 19.7 Å². The molecule has 0 fully saturated rings. The van der Waals surface area contributed by atoms with Gasteiger partial charge in [-0.25, -0.2) is 0 Å². The largest absolute Gasteiger partial charge is 0.463 e. The second-order valence-corrected chi connectivity index (χ2v) is 6.85. The van der Waals surface area contributed by atoms with E-state index in [9.17, 15) is 4.79 Å². The Morgan fingerprint density at radius 2 is 1.40 bits per heavy atom. The van der Waals surface area contributed by atoms with Crippen molar-refractivity contribution in [3.63, 3.8) is 0 Å². The van der Waals surface area contributed by atoms with Gasteiger partial charge in [0.2, 0.25) is 0 Å². The van der Waals surface area contributed by atoms with Gasteiger partial charge in [-0.2, -0.15) is 0 Å². The van der Waals surface area contributed by atoms with Crippen molar-refractivity contribution in [1.82, 2.24) is 0 Å². The summed E-state index contributed by atoms with van der Waals surface area (Å²) >= 11 is 0. The van der Waals surface area contributed by atoms with E-state index in [1.54, 1.807) is 0 Å². The number of aliphatic hydroxyl groups is 2. The number of esters is 1. The summed E-state index contributed by atoms with van der Waals surface area (Å²) < 4.78 is 4.86. The highest BCUT2D eigenvalue weighted by molar-refractivity contribution is 5.69. The number of ether oxygens (including phenoxy) is 1. The van der Waals surface area contributed by atoms with Crippen LogP contribution in [-0.2, 0) is 9.53 Å². The summed E-state index contributed by atoms with van der Waals surface area (Å²) in [5, 5.41) is 17.7. The quantitative estimate of drug-likeness (QED) is 0.208. The molecular formula is C21H40O4. The smallest absolute Gasteiger partial charge is 0.305 e. The normalized spacial score (nSPS) is 12.6. The highest BCUT2D eigenvalue weighted by Gasteiger charge is 2.07. The van der Waals surface area contributed by atoms with Crippen molar-refractivity contribution in [3.8, 4) is 0 Å². The fraction of sp³-hybridized carbons (Fsp3) is 0.857. The first-order valence-electron chi connectivity index (χ1n) is 10.3. The zero-order valence-electron chi connectivity index (χ0n) is 16.3. The van der Waals surface area contributed by atoms with Crippen LogP contribution >= 0.6 is 0 Å². The van der Waals surface area contributed by atoms with E-state index in [-0.39, 0.29) is 19.2 Å². The molecule has 0 saturated carbocycles. The average molecular weight is 357 g/mol. The van der Waals surface area contributed by atoms with Crippen LogP contribution < -0.4 is 0 Å². The molecule has 0 aliphatic rings. The molecule has 0 bridgehead atoms. The summed E-state index contributed by atoms with van der Waals surface area (Å²) in [4.78, 5) is 11.4. The Kier molecular flexibility index (Phi) is 18.8. The summed E-state index contributed by atoms with van der Waals surface area (Å²) in [6, 6.07) is 0. The van der Waals surface area contributed by atoms with Crippen LogP contribution in [0.5, 0.6) is 0 Å². The van der Waals surface area contributed by atoms with Gasteiger partial charge >= 0.3 is 5.97 Å². The minimum atomic E-state index is -0.958. The molecular weight excluding hydrogens is 316 g/mol. The number of hydrogen-bond donors (Lipinski definition) is 2. The molecule has 0 aliphatic carbocycles. The minimum Gasteiger partial charge on any atom is -0.463 e. The number of hydrogen-bond acceptors (Lipinski definition) is 4. The Morgan fingerprint density at radius 3 is 1.96 bits per heavy atom. The van der Waals surface area contributed by atoms with Crippen molar-refractivity contribution in [1.29, 1.82) is 0 Å². The Morgan fingerprint density at radius 1 is 0.880 bits per heavy atom. The average Bonchev–Trinajstić information content (AvgIpc) is 2.62. The molecule has 0 aliphatic heterocycles. The zero-order chi connectivity index (χ0) is 18.6. The van der Waals surface area contributed by atoms with E-state index < -0.39 is 6.10 Å². The molecule has 1 atom stereocenters. The first-order valence-corrected chi connectivity index (χ1v) is 10.3. The molecule has 148 valence electrons. The van der Waals surface area contributed by atoms with Crippen molar-refractivity contribution in [2.24, 2.45) is 0 Å². The van der Waals surface area contributed by atoms with Crippen LogP contribution in [0.1, 0.15) is 96.8 Å². The van der Waals surface area contributed by atoms with E-state index >= 15 is 0 Å². The van der Waals surface area contributed by atoms with E-state index in [1.165, 1.54) is 70.6 Å². The highest BCUT2D eigenvalue weighted by atomic mass is 16.5. The maximum absolute atomic E-state index is 11.4. The van der Waals surface area contributed by atoms with Crippen LogP contribution in [0.15, 0.2) is 12.2 Å². The highest BCUT2D eigenvalue weighted by Crippen LogP contribution is 2.11. The lowest BCUT2D eigenvalue weighted by Crippen LogP contribution is -2.21.